The third-order valence-electron chi connectivity index (χ3n) is 5.15. The maximum absolute atomic E-state index is 14.2. The number of hydrogen-bond acceptors (Lipinski definition) is 6. The van der Waals surface area contributed by atoms with Gasteiger partial charge in [-0.25, -0.2) is 14.1 Å². The summed E-state index contributed by atoms with van der Waals surface area (Å²) < 4.78 is 27.2. The lowest BCUT2D eigenvalue weighted by Gasteiger charge is -2.23. The summed E-state index contributed by atoms with van der Waals surface area (Å²) in [6.07, 6.45) is 6.85. The number of fused-ring (bicyclic) bond motifs is 2. The second-order valence-electron chi connectivity index (χ2n) is 7.67. The molecular formula is C23H24FN5O4. The number of halogens is 1. The minimum Gasteiger partial charge on any atom is -0.489 e. The van der Waals surface area contributed by atoms with Gasteiger partial charge in [0.1, 0.15) is 30.2 Å². The first-order chi connectivity index (χ1) is 15.9. The molecule has 2 aliphatic heterocycles. The lowest BCUT2D eigenvalue weighted by atomic mass is 10.1. The van der Waals surface area contributed by atoms with Crippen LogP contribution in [0.5, 0.6) is 5.75 Å². The van der Waals surface area contributed by atoms with Crippen molar-refractivity contribution in [1.29, 1.82) is 0 Å². The van der Waals surface area contributed by atoms with Crippen LogP contribution in [-0.2, 0) is 16.1 Å². The molecule has 0 unspecified atom stereocenters. The second-order valence-corrected chi connectivity index (χ2v) is 7.67. The smallest absolute Gasteiger partial charge is 0.291 e. The molecule has 0 saturated carbocycles. The molecule has 2 N–H and O–H groups in total. The van der Waals surface area contributed by atoms with Gasteiger partial charge in [-0.3, -0.25) is 9.59 Å². The number of aromatic nitrogens is 3. The maximum Gasteiger partial charge on any atom is 0.291 e. The number of aryl methyl sites for hydroxylation is 1. The Bertz CT molecular complexity index is 1170. The molecular weight excluding hydrogens is 429 g/mol. The molecule has 3 heterocycles. The van der Waals surface area contributed by atoms with Crippen molar-refractivity contribution >= 4 is 17.5 Å². The van der Waals surface area contributed by atoms with E-state index in [2.05, 4.69) is 27.3 Å². The molecule has 0 fully saturated rings. The van der Waals surface area contributed by atoms with Crippen LogP contribution < -0.4 is 15.4 Å². The summed E-state index contributed by atoms with van der Waals surface area (Å²) >= 11 is 0. The Balaban J connectivity index is 1.49. The van der Waals surface area contributed by atoms with Gasteiger partial charge in [-0.15, -0.1) is 5.10 Å². The van der Waals surface area contributed by atoms with Gasteiger partial charge in [-0.1, -0.05) is 30.9 Å². The summed E-state index contributed by atoms with van der Waals surface area (Å²) in [4.78, 5) is 29.7. The van der Waals surface area contributed by atoms with Crippen molar-refractivity contribution < 1.29 is 23.5 Å². The van der Waals surface area contributed by atoms with Gasteiger partial charge in [0.2, 0.25) is 5.82 Å². The Morgan fingerprint density at radius 2 is 2.21 bits per heavy atom. The van der Waals surface area contributed by atoms with Crippen LogP contribution in [0.3, 0.4) is 0 Å². The number of anilines is 1. The van der Waals surface area contributed by atoms with Crippen molar-refractivity contribution in [2.75, 3.05) is 18.5 Å². The average molecular weight is 453 g/mol. The molecule has 0 radical (unpaired) electrons. The first kappa shape index (κ1) is 22.4. The number of carbonyl (C=O) groups is 2. The van der Waals surface area contributed by atoms with E-state index in [0.717, 1.165) is 0 Å². The fourth-order valence-electron chi connectivity index (χ4n) is 3.53. The first-order valence-electron chi connectivity index (χ1n) is 10.5. The predicted octanol–water partition coefficient (Wildman–Crippen LogP) is 2.61. The standard InChI is InChI=1S/C23H24FN5O4/c1-4-5-6-7-14(3)19-21-27-20(28-29(21)8-9-32-19)23(31)25-16-12-33-17-11-13(2)10-15(24)18(17)26-22(16)30/h4-7,10-11,16,19H,3,8-9,12H2,1-2H3,(H,25,31)(H,26,30)/b5-4-,7-6-/t16-,19+/m0/s1. The molecule has 172 valence electrons. The van der Waals surface area contributed by atoms with Gasteiger partial charge >= 0.3 is 0 Å². The summed E-state index contributed by atoms with van der Waals surface area (Å²) in [6.45, 7) is 8.29. The molecule has 1 aromatic heterocycles. The average Bonchev–Trinajstić information content (AvgIpc) is 3.16. The largest absolute Gasteiger partial charge is 0.489 e. The van der Waals surface area contributed by atoms with Crippen LogP contribution in [-0.4, -0.2) is 45.8 Å². The number of benzene rings is 1. The molecule has 2 aliphatic rings. The van der Waals surface area contributed by atoms with Gasteiger partial charge < -0.3 is 20.1 Å². The van der Waals surface area contributed by atoms with E-state index >= 15 is 0 Å². The number of amides is 2. The van der Waals surface area contributed by atoms with Crippen LogP contribution in [0.15, 0.2) is 48.6 Å². The van der Waals surface area contributed by atoms with Crippen LogP contribution in [0.2, 0.25) is 0 Å². The van der Waals surface area contributed by atoms with E-state index in [4.69, 9.17) is 9.47 Å². The van der Waals surface area contributed by atoms with Crippen molar-refractivity contribution in [3.8, 4) is 5.75 Å². The quantitative estimate of drug-likeness (QED) is 0.674. The van der Waals surface area contributed by atoms with Crippen LogP contribution >= 0.6 is 0 Å². The lowest BCUT2D eigenvalue weighted by Crippen LogP contribution is -2.46. The van der Waals surface area contributed by atoms with Gasteiger partial charge in [0, 0.05) is 0 Å². The van der Waals surface area contributed by atoms with Crippen molar-refractivity contribution in [2.45, 2.75) is 32.5 Å². The van der Waals surface area contributed by atoms with Gasteiger partial charge in [0.25, 0.3) is 11.8 Å². The Morgan fingerprint density at radius 3 is 3.00 bits per heavy atom. The van der Waals surface area contributed by atoms with Gasteiger partial charge in [0.15, 0.2) is 11.6 Å². The van der Waals surface area contributed by atoms with Crippen LogP contribution in [0.4, 0.5) is 10.1 Å². The SMILES string of the molecule is C=C(/C=C\C=C/C)[C@H]1OCCn2nc(C(=O)N[C@H]3COc4cc(C)cc(F)c4NC3=O)nc21. The van der Waals surface area contributed by atoms with Crippen LogP contribution in [0.1, 0.15) is 35.0 Å². The van der Waals surface area contributed by atoms with E-state index < -0.39 is 29.8 Å². The summed E-state index contributed by atoms with van der Waals surface area (Å²) in [5.74, 6) is -1.31. The van der Waals surface area contributed by atoms with E-state index in [1.807, 2.05) is 25.2 Å². The predicted molar refractivity (Wildman–Crippen MR) is 118 cm³/mol. The van der Waals surface area contributed by atoms with E-state index in [0.29, 0.717) is 30.1 Å². The Hall–Kier alpha value is -3.79. The van der Waals surface area contributed by atoms with E-state index in [-0.39, 0.29) is 23.9 Å². The Kier molecular flexibility index (Phi) is 6.36. The molecule has 2 aromatic rings. The first-order valence-corrected chi connectivity index (χ1v) is 10.5. The Labute approximate surface area is 190 Å². The number of ether oxygens (including phenoxy) is 2. The van der Waals surface area contributed by atoms with Crippen LogP contribution in [0, 0.1) is 12.7 Å². The zero-order valence-corrected chi connectivity index (χ0v) is 18.3. The highest BCUT2D eigenvalue weighted by Gasteiger charge is 2.32. The number of nitrogens with one attached hydrogen (secondary N) is 2. The molecule has 1 aromatic carbocycles. The Morgan fingerprint density at radius 1 is 1.39 bits per heavy atom. The molecule has 33 heavy (non-hydrogen) atoms. The molecule has 0 bridgehead atoms. The monoisotopic (exact) mass is 453 g/mol. The summed E-state index contributed by atoms with van der Waals surface area (Å²) in [5, 5.41) is 9.30. The number of rotatable bonds is 5. The van der Waals surface area contributed by atoms with Crippen molar-refractivity contribution in [3.63, 3.8) is 0 Å². The van der Waals surface area contributed by atoms with Crippen molar-refractivity contribution in [1.82, 2.24) is 20.1 Å². The summed E-state index contributed by atoms with van der Waals surface area (Å²) in [6, 6.07) is 1.85. The van der Waals surface area contributed by atoms with Gasteiger partial charge in [-0.05, 0) is 37.1 Å². The molecule has 4 rings (SSSR count). The third kappa shape index (κ3) is 4.70. The topological polar surface area (TPSA) is 107 Å². The zero-order valence-electron chi connectivity index (χ0n) is 18.3. The minimum absolute atomic E-state index is 0.0533. The minimum atomic E-state index is -1.06. The lowest BCUT2D eigenvalue weighted by molar-refractivity contribution is -0.118. The molecule has 9 nitrogen and oxygen atoms in total. The maximum atomic E-state index is 14.2. The molecule has 2 amide bonds. The number of nitrogens with zero attached hydrogens (tertiary/aromatic N) is 3. The summed E-state index contributed by atoms with van der Waals surface area (Å²) in [5.41, 5.74) is 1.26. The molecule has 0 aliphatic carbocycles. The molecule has 0 saturated heterocycles. The van der Waals surface area contributed by atoms with Crippen molar-refractivity contribution in [3.05, 3.63) is 71.6 Å². The zero-order chi connectivity index (χ0) is 23.5. The van der Waals surface area contributed by atoms with Gasteiger partial charge in [-0.2, -0.15) is 0 Å². The molecule has 2 atom stereocenters. The normalized spacial score (nSPS) is 20.0. The fourth-order valence-corrected chi connectivity index (χ4v) is 3.53. The van der Waals surface area contributed by atoms with E-state index in [1.165, 1.54) is 6.07 Å². The van der Waals surface area contributed by atoms with Crippen molar-refractivity contribution in [2.24, 2.45) is 0 Å². The highest BCUT2D eigenvalue weighted by molar-refractivity contribution is 6.01. The van der Waals surface area contributed by atoms with E-state index in [1.54, 1.807) is 23.7 Å². The van der Waals surface area contributed by atoms with Gasteiger partial charge in [0.05, 0.1) is 13.2 Å². The second kappa shape index (κ2) is 9.37. The van der Waals surface area contributed by atoms with E-state index in [9.17, 15) is 14.0 Å². The molecule has 10 heteroatoms. The third-order valence-corrected chi connectivity index (χ3v) is 5.15. The fraction of sp³-hybridized carbons (Fsp3) is 0.304. The number of hydrogen-bond donors (Lipinski definition) is 2. The highest BCUT2D eigenvalue weighted by atomic mass is 19.1. The summed E-state index contributed by atoms with van der Waals surface area (Å²) in [7, 11) is 0. The highest BCUT2D eigenvalue weighted by Crippen LogP contribution is 2.31. The molecule has 0 spiro atoms. The number of allylic oxidation sites excluding steroid dienone is 3. The van der Waals surface area contributed by atoms with Crippen LogP contribution in [0.25, 0.3) is 0 Å². The number of carbonyl (C=O) groups excluding carboxylic acids is 2.